The van der Waals surface area contributed by atoms with Gasteiger partial charge in [0.15, 0.2) is 0 Å². The van der Waals surface area contributed by atoms with E-state index in [0.29, 0.717) is 0 Å². The Hall–Kier alpha value is -2.54. The van der Waals surface area contributed by atoms with Gasteiger partial charge in [-0.3, -0.25) is 0 Å². The van der Waals surface area contributed by atoms with E-state index in [1.807, 2.05) is 19.9 Å². The number of fused-ring (bicyclic) bond motifs is 1. The van der Waals surface area contributed by atoms with Crippen LogP contribution in [0.25, 0.3) is 23.9 Å². The quantitative estimate of drug-likeness (QED) is 0.600. The normalized spacial score (nSPS) is 12.5. The molecule has 1 heteroatoms. The first kappa shape index (κ1) is 17.8. The van der Waals surface area contributed by atoms with Gasteiger partial charge in [-0.2, -0.15) is 0 Å². The Morgan fingerprint density at radius 3 is 2.42 bits per heavy atom. The molecule has 0 spiro atoms. The van der Waals surface area contributed by atoms with Crippen molar-refractivity contribution in [1.29, 1.82) is 0 Å². The molecule has 0 aliphatic heterocycles. The zero-order valence-electron chi connectivity index (χ0n) is 15.2. The molecular weight excluding hydrogens is 290 g/mol. The zero-order valence-corrected chi connectivity index (χ0v) is 15.2. The lowest BCUT2D eigenvalue weighted by atomic mass is 10.0. The topological polar surface area (TPSA) is 4.93 Å². The van der Waals surface area contributed by atoms with Gasteiger partial charge in [-0.25, -0.2) is 0 Å². The van der Waals surface area contributed by atoms with Gasteiger partial charge in [0, 0.05) is 11.3 Å². The molecule has 0 amide bonds. The minimum Gasteiger partial charge on any atom is -0.310 e. The maximum Gasteiger partial charge on any atom is 0.0531 e. The van der Waals surface area contributed by atoms with E-state index >= 15 is 0 Å². The highest BCUT2D eigenvalue weighted by atomic mass is 15.0. The number of hydrogen-bond donors (Lipinski definition) is 0. The molecule has 1 aliphatic rings. The van der Waals surface area contributed by atoms with Crippen LogP contribution in [-0.2, 0) is 6.42 Å². The van der Waals surface area contributed by atoms with Crippen LogP contribution in [0.5, 0.6) is 0 Å². The summed E-state index contributed by atoms with van der Waals surface area (Å²) < 4.78 is 2.31. The molecule has 0 radical (unpaired) electrons. The SMILES string of the molecule is C=Cc1c(/C=C\C)c2c(n1-c1ccc(C)cc1)C=CC=CC2.CC. The Morgan fingerprint density at radius 2 is 1.79 bits per heavy atom. The summed E-state index contributed by atoms with van der Waals surface area (Å²) in [4.78, 5) is 0. The Labute approximate surface area is 146 Å². The van der Waals surface area contributed by atoms with Crippen LogP contribution < -0.4 is 0 Å². The second-order valence-electron chi connectivity index (χ2n) is 5.53. The molecule has 24 heavy (non-hydrogen) atoms. The number of aryl methyl sites for hydroxylation is 1. The highest BCUT2D eigenvalue weighted by molar-refractivity contribution is 5.75. The third kappa shape index (κ3) is 3.35. The van der Waals surface area contributed by atoms with Crippen LogP contribution in [0, 0.1) is 6.92 Å². The first-order chi connectivity index (χ1) is 11.8. The van der Waals surface area contributed by atoms with Crippen molar-refractivity contribution in [2.75, 3.05) is 0 Å². The lowest BCUT2D eigenvalue weighted by Crippen LogP contribution is -1.99. The Bertz CT molecular complexity index is 780. The Kier molecular flexibility index (Phi) is 6.20. The van der Waals surface area contributed by atoms with E-state index in [9.17, 15) is 0 Å². The molecule has 1 nitrogen and oxygen atoms in total. The van der Waals surface area contributed by atoms with E-state index < -0.39 is 0 Å². The fourth-order valence-corrected chi connectivity index (χ4v) is 3.00. The maximum atomic E-state index is 4.05. The maximum absolute atomic E-state index is 4.05. The van der Waals surface area contributed by atoms with Crippen LogP contribution >= 0.6 is 0 Å². The molecule has 1 aromatic carbocycles. The number of rotatable bonds is 3. The van der Waals surface area contributed by atoms with Gasteiger partial charge in [-0.1, -0.05) is 68.5 Å². The average Bonchev–Trinajstić information content (AvgIpc) is 2.76. The molecule has 0 N–H and O–H groups in total. The predicted molar refractivity (Wildman–Crippen MR) is 109 cm³/mol. The van der Waals surface area contributed by atoms with Crippen LogP contribution in [0.2, 0.25) is 0 Å². The van der Waals surface area contributed by atoms with Crippen molar-refractivity contribution in [3.63, 3.8) is 0 Å². The van der Waals surface area contributed by atoms with Gasteiger partial charge in [0.2, 0.25) is 0 Å². The van der Waals surface area contributed by atoms with Gasteiger partial charge in [0.1, 0.15) is 0 Å². The van der Waals surface area contributed by atoms with Crippen molar-refractivity contribution in [1.82, 2.24) is 4.57 Å². The molecule has 0 unspecified atom stereocenters. The molecule has 0 saturated heterocycles. The number of hydrogen-bond acceptors (Lipinski definition) is 0. The third-order valence-electron chi connectivity index (χ3n) is 4.03. The molecule has 0 saturated carbocycles. The summed E-state index contributed by atoms with van der Waals surface area (Å²) in [7, 11) is 0. The monoisotopic (exact) mass is 317 g/mol. The van der Waals surface area contributed by atoms with Crippen molar-refractivity contribution < 1.29 is 0 Å². The number of nitrogens with zero attached hydrogens (tertiary/aromatic N) is 1. The zero-order chi connectivity index (χ0) is 17.5. The molecule has 1 aromatic heterocycles. The molecule has 124 valence electrons. The minimum absolute atomic E-state index is 0.946. The first-order valence-corrected chi connectivity index (χ1v) is 8.69. The van der Waals surface area contributed by atoms with Crippen LogP contribution in [0.3, 0.4) is 0 Å². The molecule has 0 fully saturated rings. The van der Waals surface area contributed by atoms with E-state index in [1.165, 1.54) is 28.1 Å². The van der Waals surface area contributed by atoms with Crippen LogP contribution in [0.1, 0.15) is 48.8 Å². The van der Waals surface area contributed by atoms with Gasteiger partial charge >= 0.3 is 0 Å². The van der Waals surface area contributed by atoms with Gasteiger partial charge in [0.05, 0.1) is 11.4 Å². The summed E-state index contributed by atoms with van der Waals surface area (Å²) in [6.07, 6.45) is 15.8. The molecule has 3 rings (SSSR count). The van der Waals surface area contributed by atoms with Crippen molar-refractivity contribution in [2.45, 2.75) is 34.1 Å². The predicted octanol–water partition coefficient (Wildman–Crippen LogP) is 6.61. The second-order valence-corrected chi connectivity index (χ2v) is 5.53. The van der Waals surface area contributed by atoms with Gasteiger partial charge in [-0.05, 0) is 50.1 Å². The molecule has 0 atom stereocenters. The average molecular weight is 317 g/mol. The van der Waals surface area contributed by atoms with Crippen molar-refractivity contribution in [2.24, 2.45) is 0 Å². The van der Waals surface area contributed by atoms with Crippen molar-refractivity contribution >= 4 is 18.2 Å². The van der Waals surface area contributed by atoms with Crippen LogP contribution in [0.15, 0.2) is 55.1 Å². The van der Waals surface area contributed by atoms with Gasteiger partial charge in [0.25, 0.3) is 0 Å². The summed E-state index contributed by atoms with van der Waals surface area (Å²) >= 11 is 0. The van der Waals surface area contributed by atoms with E-state index in [4.69, 9.17) is 0 Å². The van der Waals surface area contributed by atoms with Crippen LogP contribution in [0.4, 0.5) is 0 Å². The first-order valence-electron chi connectivity index (χ1n) is 8.69. The van der Waals surface area contributed by atoms with Gasteiger partial charge in [-0.15, -0.1) is 0 Å². The standard InChI is InChI=1S/C21H21N.C2H6/c1-4-9-18-19-10-7-6-8-11-21(19)22(20(18)5-2)17-14-12-16(3)13-15-17;1-2/h4-9,11-15H,2,10H2,1,3H3;1-2H3/b9-4-;. The summed E-state index contributed by atoms with van der Waals surface area (Å²) in [5.41, 5.74) is 7.48. The Balaban J connectivity index is 0.00000100. The summed E-state index contributed by atoms with van der Waals surface area (Å²) in [6, 6.07) is 8.66. The number of allylic oxidation sites excluding steroid dienone is 4. The minimum atomic E-state index is 0.946. The highest BCUT2D eigenvalue weighted by Gasteiger charge is 2.18. The lowest BCUT2D eigenvalue weighted by molar-refractivity contribution is 1.03. The van der Waals surface area contributed by atoms with Crippen molar-refractivity contribution in [3.8, 4) is 5.69 Å². The molecule has 2 aromatic rings. The fourth-order valence-electron chi connectivity index (χ4n) is 3.00. The fraction of sp³-hybridized carbons (Fsp3) is 0.217. The van der Waals surface area contributed by atoms with E-state index in [-0.39, 0.29) is 0 Å². The molecular formula is C23H27N. The summed E-state index contributed by atoms with van der Waals surface area (Å²) in [5, 5.41) is 0. The Morgan fingerprint density at radius 1 is 1.08 bits per heavy atom. The van der Waals surface area contributed by atoms with Crippen LogP contribution in [-0.4, -0.2) is 4.57 Å². The highest BCUT2D eigenvalue weighted by Crippen LogP contribution is 2.32. The largest absolute Gasteiger partial charge is 0.310 e. The number of benzene rings is 1. The number of aromatic nitrogens is 1. The third-order valence-corrected chi connectivity index (χ3v) is 4.03. The summed E-state index contributed by atoms with van der Waals surface area (Å²) in [5.74, 6) is 0. The second kappa shape index (κ2) is 8.35. The lowest BCUT2D eigenvalue weighted by Gasteiger charge is -2.11. The van der Waals surface area contributed by atoms with E-state index in [2.05, 4.69) is 85.7 Å². The summed E-state index contributed by atoms with van der Waals surface area (Å²) in [6.45, 7) is 12.2. The molecule has 0 bridgehead atoms. The van der Waals surface area contributed by atoms with E-state index in [1.54, 1.807) is 0 Å². The molecule has 1 heterocycles. The molecule has 1 aliphatic carbocycles. The van der Waals surface area contributed by atoms with Gasteiger partial charge < -0.3 is 4.57 Å². The smallest absolute Gasteiger partial charge is 0.0531 e. The van der Waals surface area contributed by atoms with Crippen molar-refractivity contribution in [3.05, 3.63) is 83.2 Å². The van der Waals surface area contributed by atoms with E-state index in [0.717, 1.165) is 12.1 Å².